The van der Waals surface area contributed by atoms with E-state index < -0.39 is 23.7 Å². The second kappa shape index (κ2) is 7.66. The van der Waals surface area contributed by atoms with Crippen molar-refractivity contribution in [1.29, 1.82) is 0 Å². The molecule has 0 unspecified atom stereocenters. The lowest BCUT2D eigenvalue weighted by molar-refractivity contribution is -0.137. The third kappa shape index (κ3) is 6.41. The number of carbonyl (C=O) groups is 2. The first-order valence-electron chi connectivity index (χ1n) is 6.76. The molecule has 1 aromatic rings. The number of urea groups is 1. The van der Waals surface area contributed by atoms with Crippen LogP contribution in [0.2, 0.25) is 0 Å². The van der Waals surface area contributed by atoms with Gasteiger partial charge in [0.2, 0.25) is 5.91 Å². The van der Waals surface area contributed by atoms with E-state index in [1.165, 1.54) is 13.0 Å². The van der Waals surface area contributed by atoms with Crippen molar-refractivity contribution in [3.8, 4) is 0 Å². The maximum absolute atomic E-state index is 13.1. The van der Waals surface area contributed by atoms with Gasteiger partial charge in [0.15, 0.2) is 0 Å². The first kappa shape index (κ1) is 18.5. The van der Waals surface area contributed by atoms with Crippen LogP contribution in [0.5, 0.6) is 0 Å². The van der Waals surface area contributed by atoms with E-state index in [0.717, 1.165) is 17.7 Å². The molecule has 23 heavy (non-hydrogen) atoms. The Kier molecular flexibility index (Phi) is 6.18. The maximum atomic E-state index is 13.1. The van der Waals surface area contributed by atoms with E-state index in [2.05, 4.69) is 16.0 Å². The Balaban J connectivity index is 2.95. The third-order valence-corrected chi connectivity index (χ3v) is 2.67. The second-order valence-corrected chi connectivity index (χ2v) is 5.06. The van der Waals surface area contributed by atoms with Gasteiger partial charge in [-0.1, -0.05) is 11.6 Å². The van der Waals surface area contributed by atoms with Crippen LogP contribution in [-0.2, 0) is 11.0 Å². The highest BCUT2D eigenvalue weighted by Gasteiger charge is 2.34. The number of amides is 3. The van der Waals surface area contributed by atoms with Crippen molar-refractivity contribution in [1.82, 2.24) is 5.32 Å². The van der Waals surface area contributed by atoms with Gasteiger partial charge in [-0.25, -0.2) is 4.79 Å². The van der Waals surface area contributed by atoms with Gasteiger partial charge in [0.25, 0.3) is 0 Å². The van der Waals surface area contributed by atoms with E-state index in [0.29, 0.717) is 0 Å². The summed E-state index contributed by atoms with van der Waals surface area (Å²) in [4.78, 5) is 22.6. The van der Waals surface area contributed by atoms with E-state index >= 15 is 0 Å². The summed E-state index contributed by atoms with van der Waals surface area (Å²) < 4.78 is 39.2. The number of carbonyl (C=O) groups excluding carboxylic acids is 2. The van der Waals surface area contributed by atoms with Crippen molar-refractivity contribution in [3.63, 3.8) is 0 Å². The van der Waals surface area contributed by atoms with Crippen LogP contribution in [0.15, 0.2) is 29.8 Å². The Morgan fingerprint density at radius 2 is 1.78 bits per heavy atom. The molecule has 0 fully saturated rings. The zero-order valence-electron chi connectivity index (χ0n) is 13.0. The van der Waals surface area contributed by atoms with E-state index in [-0.39, 0.29) is 17.9 Å². The summed E-state index contributed by atoms with van der Waals surface area (Å²) in [5.74, 6) is -0.488. The molecular weight excluding hydrogens is 311 g/mol. The zero-order chi connectivity index (χ0) is 17.6. The molecule has 8 heteroatoms. The summed E-state index contributed by atoms with van der Waals surface area (Å²) in [6, 6.07) is 2.39. The number of rotatable bonds is 4. The quantitative estimate of drug-likeness (QED) is 0.736. The molecule has 0 atom stereocenters. The fraction of sp³-hybridized carbons (Fsp3) is 0.333. The fourth-order valence-corrected chi connectivity index (χ4v) is 1.68. The molecule has 126 valence electrons. The third-order valence-electron chi connectivity index (χ3n) is 2.67. The van der Waals surface area contributed by atoms with Crippen molar-refractivity contribution in [3.05, 3.63) is 35.4 Å². The minimum Gasteiger partial charge on any atom is -0.334 e. The largest absolute Gasteiger partial charge is 0.418 e. The topological polar surface area (TPSA) is 70.2 Å². The molecule has 0 aromatic heterocycles. The van der Waals surface area contributed by atoms with Crippen molar-refractivity contribution >= 4 is 23.3 Å². The highest BCUT2D eigenvalue weighted by Crippen LogP contribution is 2.36. The monoisotopic (exact) mass is 329 g/mol. The minimum atomic E-state index is -4.67. The van der Waals surface area contributed by atoms with Gasteiger partial charge in [-0.3, -0.25) is 4.79 Å². The van der Waals surface area contributed by atoms with Gasteiger partial charge in [-0.05, 0) is 32.0 Å². The number of anilines is 2. The molecule has 0 aliphatic carbocycles. The van der Waals surface area contributed by atoms with E-state index in [1.807, 2.05) is 13.8 Å². The molecule has 1 rings (SSSR count). The molecule has 0 aliphatic rings. The van der Waals surface area contributed by atoms with Gasteiger partial charge in [0, 0.05) is 19.2 Å². The molecule has 1 aromatic carbocycles. The average molecular weight is 329 g/mol. The lowest BCUT2D eigenvalue weighted by atomic mass is 10.1. The number of nitrogens with one attached hydrogen (secondary N) is 3. The van der Waals surface area contributed by atoms with Gasteiger partial charge in [-0.2, -0.15) is 13.2 Å². The van der Waals surface area contributed by atoms with Gasteiger partial charge >= 0.3 is 12.2 Å². The number of hydrogen-bond acceptors (Lipinski definition) is 2. The first-order chi connectivity index (χ1) is 10.6. The Hall–Kier alpha value is -2.51. The lowest BCUT2D eigenvalue weighted by Gasteiger charge is -2.15. The number of allylic oxidation sites excluding steroid dienone is 1. The fourth-order valence-electron chi connectivity index (χ4n) is 1.68. The predicted octanol–water partition coefficient (Wildman–Crippen LogP) is 3.75. The molecule has 5 nitrogen and oxygen atoms in total. The highest BCUT2D eigenvalue weighted by molar-refractivity contribution is 5.92. The van der Waals surface area contributed by atoms with Crippen LogP contribution in [0.4, 0.5) is 29.3 Å². The molecule has 0 aliphatic heterocycles. The minimum absolute atomic E-state index is 0.000300. The van der Waals surface area contributed by atoms with Crippen molar-refractivity contribution in [2.75, 3.05) is 17.2 Å². The van der Waals surface area contributed by atoms with Crippen molar-refractivity contribution in [2.24, 2.45) is 0 Å². The van der Waals surface area contributed by atoms with Crippen LogP contribution in [0.25, 0.3) is 0 Å². The zero-order valence-corrected chi connectivity index (χ0v) is 13.0. The molecule has 0 radical (unpaired) electrons. The van der Waals surface area contributed by atoms with Crippen LogP contribution in [0.1, 0.15) is 26.3 Å². The van der Waals surface area contributed by atoms with Gasteiger partial charge in [0.1, 0.15) is 0 Å². The molecule has 0 saturated carbocycles. The molecule has 0 heterocycles. The van der Waals surface area contributed by atoms with Gasteiger partial charge in [0.05, 0.1) is 11.3 Å². The summed E-state index contributed by atoms with van der Waals surface area (Å²) in [5, 5.41) is 6.85. The summed E-state index contributed by atoms with van der Waals surface area (Å²) in [5.41, 5.74) is -0.455. The van der Waals surface area contributed by atoms with Crippen LogP contribution < -0.4 is 16.0 Å². The Labute approximate surface area is 131 Å². The molecule has 0 spiro atoms. The maximum Gasteiger partial charge on any atom is 0.418 e. The van der Waals surface area contributed by atoms with Crippen molar-refractivity contribution < 1.29 is 22.8 Å². The number of alkyl halides is 3. The lowest BCUT2D eigenvalue weighted by Crippen LogP contribution is -2.29. The predicted molar refractivity (Wildman–Crippen MR) is 82.2 cm³/mol. The Morgan fingerprint density at radius 1 is 1.13 bits per heavy atom. The van der Waals surface area contributed by atoms with E-state index in [1.54, 1.807) is 6.08 Å². The molecule has 0 bridgehead atoms. The smallest absolute Gasteiger partial charge is 0.334 e. The second-order valence-electron chi connectivity index (χ2n) is 5.06. The van der Waals surface area contributed by atoms with Gasteiger partial charge in [-0.15, -0.1) is 0 Å². The summed E-state index contributed by atoms with van der Waals surface area (Å²) >= 11 is 0. The summed E-state index contributed by atoms with van der Waals surface area (Å²) in [6.45, 7) is 5.07. The number of hydrogen-bond donors (Lipinski definition) is 3. The Bertz CT molecular complexity index is 621. The SMILES string of the molecule is CC(=O)Nc1ccc(NC(=O)NCC=C(C)C)c(C(F)(F)F)c1. The first-order valence-corrected chi connectivity index (χ1v) is 6.76. The van der Waals surface area contributed by atoms with Gasteiger partial charge < -0.3 is 16.0 Å². The standard InChI is InChI=1S/C15H18F3N3O2/c1-9(2)6-7-19-14(23)21-13-5-4-11(20-10(3)22)8-12(13)15(16,17)18/h4-6,8H,7H2,1-3H3,(H,20,22)(H2,19,21,23). The van der Waals surface area contributed by atoms with E-state index in [9.17, 15) is 22.8 Å². The van der Waals surface area contributed by atoms with Crippen LogP contribution in [0, 0.1) is 0 Å². The molecule has 3 amide bonds. The molecule has 3 N–H and O–H groups in total. The highest BCUT2D eigenvalue weighted by atomic mass is 19.4. The summed E-state index contributed by atoms with van der Waals surface area (Å²) in [6.07, 6.45) is -2.94. The Morgan fingerprint density at radius 3 is 2.30 bits per heavy atom. The van der Waals surface area contributed by atoms with E-state index in [4.69, 9.17) is 0 Å². The van der Waals surface area contributed by atoms with Crippen molar-refractivity contribution in [2.45, 2.75) is 26.9 Å². The molecule has 0 saturated heterocycles. The number of halogens is 3. The average Bonchev–Trinajstić information content (AvgIpc) is 2.38. The van der Waals surface area contributed by atoms with Crippen LogP contribution in [-0.4, -0.2) is 18.5 Å². The number of benzene rings is 1. The van der Waals surface area contributed by atoms with Crippen LogP contribution in [0.3, 0.4) is 0 Å². The van der Waals surface area contributed by atoms with Crippen LogP contribution >= 0.6 is 0 Å². The molecular formula is C15H18F3N3O2. The summed E-state index contributed by atoms with van der Waals surface area (Å²) in [7, 11) is 0. The normalized spacial score (nSPS) is 10.7.